The van der Waals surface area contributed by atoms with E-state index >= 15 is 0 Å². The topological polar surface area (TPSA) is 95.5 Å². The fourth-order valence-electron chi connectivity index (χ4n) is 4.20. The zero-order valence-corrected chi connectivity index (χ0v) is 18.4. The van der Waals surface area contributed by atoms with Crippen LogP contribution in [-0.2, 0) is 16.0 Å². The van der Waals surface area contributed by atoms with E-state index in [1.54, 1.807) is 6.07 Å². The molecule has 6 nitrogen and oxygen atoms in total. The highest BCUT2D eigenvalue weighted by atomic mass is 16.4. The Bertz CT molecular complexity index is 1190. The van der Waals surface area contributed by atoms with Gasteiger partial charge in [0.2, 0.25) is 5.91 Å². The zero-order valence-electron chi connectivity index (χ0n) is 18.4. The molecule has 3 aromatic rings. The molecule has 6 heteroatoms. The smallest absolute Gasteiger partial charge is 0.303 e. The van der Waals surface area contributed by atoms with Gasteiger partial charge in [-0.1, -0.05) is 60.7 Å². The number of carbonyl (C=O) groups excluding carboxylic acids is 2. The van der Waals surface area contributed by atoms with Crippen LogP contribution in [0.4, 0.5) is 0 Å². The van der Waals surface area contributed by atoms with Gasteiger partial charge in [-0.25, -0.2) is 0 Å². The Hall–Kier alpha value is -3.93. The lowest BCUT2D eigenvalue weighted by molar-refractivity contribution is -0.137. The van der Waals surface area contributed by atoms with Crippen LogP contribution in [0.1, 0.15) is 52.9 Å². The number of hydrogen-bond acceptors (Lipinski definition) is 3. The number of aliphatic carboxylic acids is 1. The quantitative estimate of drug-likeness (QED) is 0.383. The van der Waals surface area contributed by atoms with Gasteiger partial charge in [-0.05, 0) is 59.7 Å². The highest BCUT2D eigenvalue weighted by Gasteiger charge is 2.25. The lowest BCUT2D eigenvalue weighted by atomic mass is 10.0. The van der Waals surface area contributed by atoms with Gasteiger partial charge in [-0.15, -0.1) is 0 Å². The van der Waals surface area contributed by atoms with E-state index in [-0.39, 0.29) is 18.9 Å². The van der Waals surface area contributed by atoms with Gasteiger partial charge in [0.25, 0.3) is 5.91 Å². The number of amides is 2. The molecule has 4 rings (SSSR count). The molecule has 3 aromatic carbocycles. The van der Waals surface area contributed by atoms with Crippen molar-refractivity contribution < 1.29 is 19.5 Å². The molecule has 0 aromatic heterocycles. The summed E-state index contributed by atoms with van der Waals surface area (Å²) in [6.45, 7) is 1.85. The molecule has 0 heterocycles. The fraction of sp³-hybridized carbons (Fsp3) is 0.222. The normalized spacial score (nSPS) is 13.4. The molecule has 1 aliphatic rings. The third-order valence-corrected chi connectivity index (χ3v) is 5.98. The van der Waals surface area contributed by atoms with Crippen LogP contribution >= 0.6 is 0 Å². The molecule has 3 N–H and O–H groups in total. The van der Waals surface area contributed by atoms with E-state index < -0.39 is 23.8 Å². The van der Waals surface area contributed by atoms with Crippen molar-refractivity contribution in [2.24, 2.45) is 0 Å². The molecule has 33 heavy (non-hydrogen) atoms. The van der Waals surface area contributed by atoms with Crippen molar-refractivity contribution in [1.29, 1.82) is 0 Å². The fourth-order valence-corrected chi connectivity index (χ4v) is 4.20. The summed E-state index contributed by atoms with van der Waals surface area (Å²) in [5.41, 5.74) is 5.94. The molecule has 1 aliphatic carbocycles. The van der Waals surface area contributed by atoms with E-state index in [1.165, 1.54) is 11.1 Å². The summed E-state index contributed by atoms with van der Waals surface area (Å²) in [6, 6.07) is 21.9. The second-order valence-electron chi connectivity index (χ2n) is 8.31. The number of benzene rings is 3. The van der Waals surface area contributed by atoms with Gasteiger partial charge in [0.15, 0.2) is 0 Å². The number of carbonyl (C=O) groups is 3. The first-order chi connectivity index (χ1) is 15.9. The van der Waals surface area contributed by atoms with Crippen molar-refractivity contribution in [2.45, 2.75) is 38.3 Å². The molecule has 0 fully saturated rings. The number of carboxylic acids is 1. The maximum atomic E-state index is 13.0. The molecule has 2 atom stereocenters. The maximum absolute atomic E-state index is 13.0. The third kappa shape index (κ3) is 5.12. The predicted octanol–water partition coefficient (Wildman–Crippen LogP) is 4.10. The number of nitrogens with one attached hydrogen (secondary N) is 2. The lowest BCUT2D eigenvalue weighted by Crippen LogP contribution is -2.47. The van der Waals surface area contributed by atoms with E-state index in [4.69, 9.17) is 5.11 Å². The maximum Gasteiger partial charge on any atom is 0.303 e. The van der Waals surface area contributed by atoms with Gasteiger partial charge >= 0.3 is 5.97 Å². The van der Waals surface area contributed by atoms with Crippen molar-refractivity contribution in [1.82, 2.24) is 10.6 Å². The number of rotatable bonds is 8. The standard InChI is InChI=1S/C27H26N2O4/c1-17(18-7-3-2-4-8-18)28-27(33)24(13-14-25(30)31)29-26(32)20-11-12-23-21(16-20)15-19-9-5-6-10-22(19)23/h2-12,16-17,24H,13-15H2,1H3,(H,28,33)(H,29,32)(H,30,31)/t17-,24-/m0/s1. The summed E-state index contributed by atoms with van der Waals surface area (Å²) in [6.07, 6.45) is 0.534. The monoisotopic (exact) mass is 442 g/mol. The molecule has 0 unspecified atom stereocenters. The zero-order chi connectivity index (χ0) is 23.4. The molecule has 168 valence electrons. The van der Waals surface area contributed by atoms with Crippen LogP contribution in [-0.4, -0.2) is 28.9 Å². The second-order valence-corrected chi connectivity index (χ2v) is 8.31. The van der Waals surface area contributed by atoms with Gasteiger partial charge in [-0.2, -0.15) is 0 Å². The van der Waals surface area contributed by atoms with E-state index in [1.807, 2.05) is 61.5 Å². The Kier molecular flexibility index (Phi) is 6.54. The average Bonchev–Trinajstić information content (AvgIpc) is 3.19. The van der Waals surface area contributed by atoms with Gasteiger partial charge in [0.1, 0.15) is 6.04 Å². The third-order valence-electron chi connectivity index (χ3n) is 5.98. The Labute approximate surface area is 192 Å². The minimum atomic E-state index is -1.02. The van der Waals surface area contributed by atoms with E-state index in [2.05, 4.69) is 22.8 Å². The molecular weight excluding hydrogens is 416 g/mol. The highest BCUT2D eigenvalue weighted by molar-refractivity contribution is 5.98. The molecule has 2 amide bonds. The molecule has 0 bridgehead atoms. The number of hydrogen-bond donors (Lipinski definition) is 3. The molecule has 0 saturated heterocycles. The van der Waals surface area contributed by atoms with Crippen molar-refractivity contribution in [3.63, 3.8) is 0 Å². The molecule has 0 spiro atoms. The van der Waals surface area contributed by atoms with Crippen molar-refractivity contribution in [2.75, 3.05) is 0 Å². The first-order valence-electron chi connectivity index (χ1n) is 11.0. The number of carboxylic acid groups (broad SMARTS) is 1. The van der Waals surface area contributed by atoms with Crippen LogP contribution in [0.5, 0.6) is 0 Å². The first kappa shape index (κ1) is 22.3. The summed E-state index contributed by atoms with van der Waals surface area (Å²) in [5, 5.41) is 14.7. The van der Waals surface area contributed by atoms with Gasteiger partial charge < -0.3 is 15.7 Å². The summed E-state index contributed by atoms with van der Waals surface area (Å²) in [7, 11) is 0. The molecule has 0 radical (unpaired) electrons. The van der Waals surface area contributed by atoms with Crippen molar-refractivity contribution >= 4 is 17.8 Å². The lowest BCUT2D eigenvalue weighted by Gasteiger charge is -2.21. The second kappa shape index (κ2) is 9.69. The van der Waals surface area contributed by atoms with Crippen molar-refractivity contribution in [3.05, 3.63) is 95.1 Å². The summed E-state index contributed by atoms with van der Waals surface area (Å²) < 4.78 is 0. The van der Waals surface area contributed by atoms with E-state index in [0.29, 0.717) is 5.56 Å². The van der Waals surface area contributed by atoms with Crippen LogP contribution in [0.3, 0.4) is 0 Å². The summed E-state index contributed by atoms with van der Waals surface area (Å²) in [5.74, 6) is -1.82. The van der Waals surface area contributed by atoms with Gasteiger partial charge in [-0.3, -0.25) is 14.4 Å². The van der Waals surface area contributed by atoms with Crippen LogP contribution in [0.2, 0.25) is 0 Å². The Balaban J connectivity index is 1.48. The highest BCUT2D eigenvalue weighted by Crippen LogP contribution is 2.36. The van der Waals surface area contributed by atoms with Crippen LogP contribution in [0.15, 0.2) is 72.8 Å². The average molecular weight is 443 g/mol. The predicted molar refractivity (Wildman–Crippen MR) is 126 cm³/mol. The van der Waals surface area contributed by atoms with E-state index in [9.17, 15) is 14.4 Å². The molecule has 0 saturated carbocycles. The van der Waals surface area contributed by atoms with Crippen LogP contribution in [0.25, 0.3) is 11.1 Å². The first-order valence-corrected chi connectivity index (χ1v) is 11.0. The van der Waals surface area contributed by atoms with Crippen LogP contribution < -0.4 is 10.6 Å². The molecule has 0 aliphatic heterocycles. The minimum Gasteiger partial charge on any atom is -0.481 e. The minimum absolute atomic E-state index is 0.00476. The summed E-state index contributed by atoms with van der Waals surface area (Å²) in [4.78, 5) is 37.0. The molecular formula is C27H26N2O4. The Morgan fingerprint density at radius 3 is 2.33 bits per heavy atom. The Morgan fingerprint density at radius 2 is 1.58 bits per heavy atom. The van der Waals surface area contributed by atoms with E-state index in [0.717, 1.165) is 23.1 Å². The summed E-state index contributed by atoms with van der Waals surface area (Å²) >= 11 is 0. The van der Waals surface area contributed by atoms with Crippen molar-refractivity contribution in [3.8, 4) is 11.1 Å². The Morgan fingerprint density at radius 1 is 0.879 bits per heavy atom. The van der Waals surface area contributed by atoms with Crippen LogP contribution in [0, 0.1) is 0 Å². The number of fused-ring (bicyclic) bond motifs is 3. The van der Waals surface area contributed by atoms with Gasteiger partial charge in [0.05, 0.1) is 6.04 Å². The SMILES string of the molecule is C[C@H](NC(=O)[C@H](CCC(=O)O)NC(=O)c1ccc2c(c1)Cc1ccccc1-2)c1ccccc1. The van der Waals surface area contributed by atoms with Gasteiger partial charge in [0, 0.05) is 12.0 Å². The largest absolute Gasteiger partial charge is 0.481 e.